The molecule has 0 amide bonds. The summed E-state index contributed by atoms with van der Waals surface area (Å²) in [4.78, 5) is 29.7. The Morgan fingerprint density at radius 3 is 2.62 bits per heavy atom. The number of aliphatic hydroxyl groups is 1. The number of rotatable bonds is 4. The van der Waals surface area contributed by atoms with E-state index in [0.29, 0.717) is 36.3 Å². The SMILES string of the molecule is Cc1oc(=O)oc1COC(=O)c1c(C(C)(C)O)nc2n1Cc1ccc(cc1)-c1ccccc1C1=N[NH+](CC2)[N-]N1. The number of quaternary nitrogens is 1. The highest BCUT2D eigenvalue weighted by molar-refractivity contribution is 6.04. The van der Waals surface area contributed by atoms with Crippen LogP contribution in [0, 0.1) is 6.92 Å². The molecule has 3 N–H and O–H groups in total. The fourth-order valence-corrected chi connectivity index (χ4v) is 4.87. The van der Waals surface area contributed by atoms with E-state index in [1.165, 1.54) is 0 Å². The normalized spacial score (nSPS) is 16.5. The number of ether oxygens (including phenoxy) is 1. The number of aryl methyl sites for hydroxylation is 1. The van der Waals surface area contributed by atoms with Crippen molar-refractivity contribution in [3.8, 4) is 11.1 Å². The maximum atomic E-state index is 13.5. The fourth-order valence-electron chi connectivity index (χ4n) is 4.87. The molecule has 12 nitrogen and oxygen atoms in total. The van der Waals surface area contributed by atoms with Crippen LogP contribution in [0.15, 0.2) is 67.3 Å². The maximum Gasteiger partial charge on any atom is 0.519 e. The van der Waals surface area contributed by atoms with Crippen molar-refractivity contribution in [2.75, 3.05) is 6.54 Å². The molecule has 0 aliphatic carbocycles. The van der Waals surface area contributed by atoms with E-state index in [0.717, 1.165) is 22.3 Å². The Hall–Kier alpha value is -4.52. The van der Waals surface area contributed by atoms with Crippen LogP contribution in [0.25, 0.3) is 16.7 Å². The van der Waals surface area contributed by atoms with Crippen LogP contribution in [0.2, 0.25) is 0 Å². The first-order valence-corrected chi connectivity index (χ1v) is 12.9. The zero-order valence-corrected chi connectivity index (χ0v) is 22.2. The topological polar surface area (TPSA) is 151 Å². The molecule has 0 fully saturated rings. The molecule has 4 aromatic rings. The summed E-state index contributed by atoms with van der Waals surface area (Å²) in [6.07, 6.45) is 0.406. The Balaban J connectivity index is 1.43. The Bertz CT molecular complexity index is 1670. The van der Waals surface area contributed by atoms with Crippen molar-refractivity contribution in [3.63, 3.8) is 0 Å². The van der Waals surface area contributed by atoms with Crippen LogP contribution in [-0.4, -0.2) is 33.0 Å². The summed E-state index contributed by atoms with van der Waals surface area (Å²) in [6, 6.07) is 16.0. The summed E-state index contributed by atoms with van der Waals surface area (Å²) in [5, 5.41) is 16.3. The van der Waals surface area contributed by atoms with E-state index < -0.39 is 17.4 Å². The predicted molar refractivity (Wildman–Crippen MR) is 142 cm³/mol. The number of nitrogens with zero attached hydrogens (tertiary/aromatic N) is 4. The lowest BCUT2D eigenvalue weighted by atomic mass is 9.98. The number of carbonyl (C=O) groups excluding carboxylic acids is 1. The van der Waals surface area contributed by atoms with Gasteiger partial charge in [0.25, 0.3) is 0 Å². The quantitative estimate of drug-likeness (QED) is 0.330. The monoisotopic (exact) mass is 544 g/mol. The van der Waals surface area contributed by atoms with E-state index in [9.17, 15) is 14.7 Å². The van der Waals surface area contributed by atoms with Gasteiger partial charge in [-0.3, -0.25) is 5.12 Å². The van der Waals surface area contributed by atoms with Crippen molar-refractivity contribution < 1.29 is 28.6 Å². The first-order valence-electron chi connectivity index (χ1n) is 12.9. The predicted octanol–water partition coefficient (Wildman–Crippen LogP) is 1.95. The van der Waals surface area contributed by atoms with E-state index in [1.54, 1.807) is 25.3 Å². The molecule has 206 valence electrons. The van der Waals surface area contributed by atoms with E-state index >= 15 is 0 Å². The van der Waals surface area contributed by atoms with Gasteiger partial charge in [0.2, 0.25) is 0 Å². The first kappa shape index (κ1) is 25.7. The molecule has 0 spiro atoms. The van der Waals surface area contributed by atoms with Crippen molar-refractivity contribution >= 4 is 11.8 Å². The largest absolute Gasteiger partial charge is 0.519 e. The second kappa shape index (κ2) is 9.90. The zero-order chi connectivity index (χ0) is 28.0. The van der Waals surface area contributed by atoms with Gasteiger partial charge in [-0.15, -0.1) is 0 Å². The summed E-state index contributed by atoms with van der Waals surface area (Å²) in [5.41, 5.74) is 10.2. The number of imidazole rings is 1. The van der Waals surface area contributed by atoms with Crippen molar-refractivity contribution in [1.29, 1.82) is 0 Å². The molecule has 1 atom stereocenters. The lowest BCUT2D eigenvalue weighted by Crippen LogP contribution is -3.02. The minimum atomic E-state index is -1.45. The van der Waals surface area contributed by atoms with Gasteiger partial charge in [0.05, 0.1) is 6.42 Å². The van der Waals surface area contributed by atoms with Crippen molar-refractivity contribution in [2.45, 2.75) is 45.9 Å². The number of carbonyl (C=O) groups is 1. The molecular formula is C28H28N6O6. The highest BCUT2D eigenvalue weighted by Crippen LogP contribution is 2.29. The van der Waals surface area contributed by atoms with Gasteiger partial charge in [-0.2, -0.15) is 0 Å². The van der Waals surface area contributed by atoms with E-state index in [-0.39, 0.29) is 29.5 Å². The average Bonchev–Trinajstić information content (AvgIpc) is 3.63. The van der Waals surface area contributed by atoms with Crippen molar-refractivity contribution in [1.82, 2.24) is 15.0 Å². The van der Waals surface area contributed by atoms with Gasteiger partial charge in [0.15, 0.2) is 29.7 Å². The van der Waals surface area contributed by atoms with Gasteiger partial charge in [0, 0.05) is 12.1 Å². The third-order valence-electron chi connectivity index (χ3n) is 6.88. The van der Waals surface area contributed by atoms with Gasteiger partial charge < -0.3 is 34.2 Å². The molecule has 2 aromatic carbocycles. The highest BCUT2D eigenvalue weighted by Gasteiger charge is 2.33. The summed E-state index contributed by atoms with van der Waals surface area (Å²) < 4.78 is 17.1. The first-order chi connectivity index (χ1) is 19.2. The molecule has 0 saturated carbocycles. The lowest BCUT2D eigenvalue weighted by Gasteiger charge is -2.18. The van der Waals surface area contributed by atoms with Gasteiger partial charge in [0.1, 0.15) is 23.7 Å². The standard InChI is InChI=1S/C28H28N6O6/c1-16-21(40-27(36)39-16)15-38-26(35)23-24(28(2,3)37)29-22-12-13-34-31-25(30-32-34)20-7-5-4-6-19(20)18-10-8-17(9-11-18)14-33(22)23/h4-11,34,37H,12-15H2,1-3H3,(H,30,31). The van der Waals surface area contributed by atoms with Gasteiger partial charge in [-0.25, -0.2) is 14.6 Å². The Labute approximate surface area is 228 Å². The molecule has 3 aliphatic heterocycles. The molecule has 4 bridgehead atoms. The van der Waals surface area contributed by atoms with E-state index in [4.69, 9.17) is 23.7 Å². The number of hydrogen-bond donors (Lipinski definition) is 3. The Morgan fingerprint density at radius 1 is 1.18 bits per heavy atom. The van der Waals surface area contributed by atoms with Crippen LogP contribution in [-0.2, 0) is 29.9 Å². The van der Waals surface area contributed by atoms with Crippen LogP contribution < -0.4 is 16.4 Å². The summed E-state index contributed by atoms with van der Waals surface area (Å²) in [7, 11) is 0. The fraction of sp³-hybridized carbons (Fsp3) is 0.286. The number of esters is 1. The molecule has 40 heavy (non-hydrogen) atoms. The number of fused-ring (bicyclic) bond motifs is 3. The third-order valence-corrected chi connectivity index (χ3v) is 6.88. The number of nitrogens with one attached hydrogen (secondary N) is 2. The molecule has 3 aliphatic rings. The number of benzene rings is 2. The van der Waals surface area contributed by atoms with E-state index in [2.05, 4.69) is 11.0 Å². The van der Waals surface area contributed by atoms with Crippen LogP contribution in [0.1, 0.15) is 58.5 Å². The molecular weight excluding hydrogens is 516 g/mol. The van der Waals surface area contributed by atoms with Crippen LogP contribution in [0.3, 0.4) is 0 Å². The van der Waals surface area contributed by atoms with Crippen LogP contribution in [0.4, 0.5) is 0 Å². The van der Waals surface area contributed by atoms with Gasteiger partial charge in [-0.05, 0) is 37.5 Å². The highest BCUT2D eigenvalue weighted by atomic mass is 16.6. The molecule has 12 heteroatoms. The number of hydrogen-bond acceptors (Lipinski definition) is 9. The van der Waals surface area contributed by atoms with Gasteiger partial charge in [-0.1, -0.05) is 53.6 Å². The molecule has 0 saturated heterocycles. The molecule has 5 heterocycles. The second-order valence-corrected chi connectivity index (χ2v) is 10.2. The maximum absolute atomic E-state index is 13.5. The Kier molecular flexibility index (Phi) is 6.37. The number of aromatic nitrogens is 2. The average molecular weight is 545 g/mol. The smallest absolute Gasteiger partial charge is 0.453 e. The summed E-state index contributed by atoms with van der Waals surface area (Å²) >= 11 is 0. The van der Waals surface area contributed by atoms with Crippen LogP contribution >= 0.6 is 0 Å². The summed E-state index contributed by atoms with van der Waals surface area (Å²) in [5.74, 6) is -0.0158. The molecule has 2 aromatic heterocycles. The van der Waals surface area contributed by atoms with Gasteiger partial charge >= 0.3 is 11.8 Å². The van der Waals surface area contributed by atoms with Crippen molar-refractivity contribution in [3.05, 3.63) is 105 Å². The van der Waals surface area contributed by atoms with Crippen molar-refractivity contribution in [2.24, 2.45) is 5.10 Å². The second-order valence-electron chi connectivity index (χ2n) is 10.2. The lowest BCUT2D eigenvalue weighted by molar-refractivity contribution is -0.866. The summed E-state index contributed by atoms with van der Waals surface area (Å²) in [6.45, 7) is 5.13. The molecule has 0 radical (unpaired) electrons. The minimum absolute atomic E-state index is 0.111. The third kappa shape index (κ3) is 4.83. The molecule has 1 unspecified atom stereocenters. The zero-order valence-electron chi connectivity index (χ0n) is 22.2. The number of amidine groups is 1. The molecule has 7 rings (SSSR count). The Morgan fingerprint density at radius 2 is 1.93 bits per heavy atom. The minimum Gasteiger partial charge on any atom is -0.453 e. The van der Waals surface area contributed by atoms with E-state index in [1.807, 2.05) is 48.5 Å². The van der Waals surface area contributed by atoms with Crippen LogP contribution in [0.5, 0.6) is 0 Å².